The molecule has 30 heavy (non-hydrogen) atoms. The Morgan fingerprint density at radius 1 is 1.17 bits per heavy atom. The minimum absolute atomic E-state index is 0.0579. The molecule has 1 amide bonds. The lowest BCUT2D eigenvalue weighted by Gasteiger charge is -2.07. The van der Waals surface area contributed by atoms with Gasteiger partial charge in [0.05, 0.1) is 18.4 Å². The monoisotopic (exact) mass is 411 g/mol. The Bertz CT molecular complexity index is 900. The summed E-state index contributed by atoms with van der Waals surface area (Å²) in [5, 5.41) is 11.3. The molecule has 162 valence electrons. The van der Waals surface area contributed by atoms with E-state index in [0.717, 1.165) is 49.1 Å². The third-order valence-electron chi connectivity index (χ3n) is 4.63. The van der Waals surface area contributed by atoms with Gasteiger partial charge in [-0.25, -0.2) is 4.98 Å². The molecule has 0 aliphatic heterocycles. The van der Waals surface area contributed by atoms with E-state index in [1.54, 1.807) is 10.9 Å². The lowest BCUT2D eigenvalue weighted by Crippen LogP contribution is -2.27. The number of carbonyl (C=O) groups is 1. The van der Waals surface area contributed by atoms with Crippen molar-refractivity contribution in [2.75, 3.05) is 12.3 Å². The Labute approximate surface area is 178 Å². The maximum Gasteiger partial charge on any atom is 0.251 e. The number of H-pyrrole nitrogens is 1. The van der Waals surface area contributed by atoms with Crippen LogP contribution in [0.5, 0.6) is 0 Å². The molecule has 2 aromatic heterocycles. The molecule has 0 radical (unpaired) electrons. The Balaban J connectivity index is 0.00000155. The molecule has 0 bridgehead atoms. The number of nitrogen functional groups attached to an aromatic ring is 1. The van der Waals surface area contributed by atoms with Crippen LogP contribution in [0.3, 0.4) is 0 Å². The van der Waals surface area contributed by atoms with Gasteiger partial charge in [0.15, 0.2) is 5.95 Å². The van der Waals surface area contributed by atoms with E-state index >= 15 is 0 Å². The average Bonchev–Trinajstić information content (AvgIpc) is 3.38. The number of imidazole rings is 1. The first-order valence-corrected chi connectivity index (χ1v) is 10.6. The van der Waals surface area contributed by atoms with Crippen molar-refractivity contribution in [2.24, 2.45) is 0 Å². The highest BCUT2D eigenvalue weighted by molar-refractivity contribution is 5.95. The number of hydrogen-bond donors (Lipinski definition) is 3. The molecular formula is C22H33N7O. The third-order valence-corrected chi connectivity index (χ3v) is 4.63. The van der Waals surface area contributed by atoms with Crippen LogP contribution < -0.4 is 11.1 Å². The van der Waals surface area contributed by atoms with E-state index < -0.39 is 0 Å². The van der Waals surface area contributed by atoms with Crippen LogP contribution in [0.15, 0.2) is 36.7 Å². The summed E-state index contributed by atoms with van der Waals surface area (Å²) in [6.07, 6.45) is 8.86. The average molecular weight is 412 g/mol. The van der Waals surface area contributed by atoms with E-state index in [1.807, 2.05) is 51.2 Å². The Morgan fingerprint density at radius 3 is 2.67 bits per heavy atom. The normalized spacial score (nSPS) is 10.4. The fourth-order valence-corrected chi connectivity index (χ4v) is 3.07. The molecule has 3 rings (SSSR count). The number of aromatic amines is 1. The van der Waals surface area contributed by atoms with Crippen molar-refractivity contribution in [2.45, 2.75) is 59.4 Å². The van der Waals surface area contributed by atoms with E-state index in [2.05, 4.69) is 25.6 Å². The number of nitrogens with one attached hydrogen (secondary N) is 2. The molecule has 0 atom stereocenters. The largest absolute Gasteiger partial charge is 0.369 e. The Kier molecular flexibility index (Phi) is 9.57. The number of anilines is 1. The van der Waals surface area contributed by atoms with Crippen LogP contribution in [0.25, 0.3) is 0 Å². The van der Waals surface area contributed by atoms with Crippen LogP contribution in [0, 0.1) is 6.92 Å². The van der Waals surface area contributed by atoms with E-state index in [9.17, 15) is 4.79 Å². The van der Waals surface area contributed by atoms with Gasteiger partial charge in [-0.2, -0.15) is 0 Å². The van der Waals surface area contributed by atoms with E-state index in [0.29, 0.717) is 24.6 Å². The zero-order valence-electron chi connectivity index (χ0n) is 18.2. The van der Waals surface area contributed by atoms with Crippen molar-refractivity contribution in [1.29, 1.82) is 0 Å². The molecule has 0 unspecified atom stereocenters. The van der Waals surface area contributed by atoms with Crippen molar-refractivity contribution in [1.82, 2.24) is 30.3 Å². The van der Waals surface area contributed by atoms with Gasteiger partial charge in [-0.3, -0.25) is 9.48 Å². The maximum atomic E-state index is 12.2. The fourth-order valence-electron chi connectivity index (χ4n) is 3.07. The van der Waals surface area contributed by atoms with Gasteiger partial charge in [0.2, 0.25) is 0 Å². The van der Waals surface area contributed by atoms with Crippen molar-refractivity contribution >= 4 is 11.9 Å². The topological polar surface area (TPSA) is 115 Å². The van der Waals surface area contributed by atoms with Gasteiger partial charge < -0.3 is 16.0 Å². The van der Waals surface area contributed by atoms with Crippen molar-refractivity contribution < 1.29 is 4.79 Å². The zero-order chi connectivity index (χ0) is 21.8. The predicted molar refractivity (Wildman–Crippen MR) is 119 cm³/mol. The molecule has 0 fully saturated rings. The first kappa shape index (κ1) is 23.1. The highest BCUT2D eigenvalue weighted by Crippen LogP contribution is 2.08. The summed E-state index contributed by atoms with van der Waals surface area (Å²) in [5.74, 6) is 0.416. The summed E-state index contributed by atoms with van der Waals surface area (Å²) in [6.45, 7) is 7.05. The highest BCUT2D eigenvalue weighted by atomic mass is 16.1. The van der Waals surface area contributed by atoms with Gasteiger partial charge in [-0.05, 0) is 44.2 Å². The molecule has 2 heterocycles. The molecule has 0 saturated carbocycles. The molecular weight excluding hydrogens is 378 g/mol. The quantitative estimate of drug-likeness (QED) is 0.443. The number of amides is 1. The molecule has 0 aliphatic carbocycles. The summed E-state index contributed by atoms with van der Waals surface area (Å²) in [6, 6.07) is 7.56. The number of nitrogens with zero attached hydrogens (tertiary/aromatic N) is 4. The Hall–Kier alpha value is -3.16. The summed E-state index contributed by atoms with van der Waals surface area (Å²) in [7, 11) is 0. The van der Waals surface area contributed by atoms with Gasteiger partial charge in [0, 0.05) is 24.0 Å². The maximum absolute atomic E-state index is 12.2. The molecule has 8 nitrogen and oxygen atoms in total. The number of unbranched alkanes of at least 4 members (excludes halogenated alkanes) is 2. The number of nitrogens with two attached hydrogens (primary N) is 1. The lowest BCUT2D eigenvalue weighted by atomic mass is 10.1. The van der Waals surface area contributed by atoms with E-state index in [1.165, 1.54) is 0 Å². The SMILES string of the molecule is CC.Cc1ccccc1C(=O)NCCn1cc(CCCCCc2cnc(N)[nH]2)nn1. The van der Waals surface area contributed by atoms with E-state index in [4.69, 9.17) is 5.73 Å². The minimum Gasteiger partial charge on any atom is -0.369 e. The second-order valence-corrected chi connectivity index (χ2v) is 6.90. The van der Waals surface area contributed by atoms with Crippen LogP contribution in [-0.4, -0.2) is 37.4 Å². The minimum atomic E-state index is -0.0579. The molecule has 3 aromatic rings. The van der Waals surface area contributed by atoms with Crippen LogP contribution in [0.4, 0.5) is 5.95 Å². The first-order chi connectivity index (χ1) is 14.6. The summed E-state index contributed by atoms with van der Waals surface area (Å²) in [4.78, 5) is 19.2. The lowest BCUT2D eigenvalue weighted by molar-refractivity contribution is 0.0951. The molecule has 0 aliphatic rings. The number of aryl methyl sites for hydroxylation is 3. The first-order valence-electron chi connectivity index (χ1n) is 10.6. The summed E-state index contributed by atoms with van der Waals surface area (Å²) in [5.41, 5.74) is 9.31. The van der Waals surface area contributed by atoms with Gasteiger partial charge in [-0.1, -0.05) is 43.7 Å². The van der Waals surface area contributed by atoms with Crippen molar-refractivity contribution in [3.05, 3.63) is 59.2 Å². The smallest absolute Gasteiger partial charge is 0.251 e. The number of aromatic nitrogens is 5. The van der Waals surface area contributed by atoms with Crippen molar-refractivity contribution in [3.8, 4) is 0 Å². The molecule has 0 saturated heterocycles. The van der Waals surface area contributed by atoms with E-state index in [-0.39, 0.29) is 5.91 Å². The molecule has 0 spiro atoms. The van der Waals surface area contributed by atoms with Gasteiger partial charge >= 0.3 is 0 Å². The fraction of sp³-hybridized carbons (Fsp3) is 0.455. The van der Waals surface area contributed by atoms with Crippen molar-refractivity contribution in [3.63, 3.8) is 0 Å². The van der Waals surface area contributed by atoms with Crippen LogP contribution in [0.1, 0.15) is 60.4 Å². The van der Waals surface area contributed by atoms with Crippen LogP contribution in [-0.2, 0) is 19.4 Å². The van der Waals surface area contributed by atoms with Gasteiger partial charge in [0.25, 0.3) is 5.91 Å². The number of hydrogen-bond acceptors (Lipinski definition) is 5. The second-order valence-electron chi connectivity index (χ2n) is 6.90. The van der Waals surface area contributed by atoms with Gasteiger partial charge in [0.1, 0.15) is 0 Å². The number of carbonyl (C=O) groups excluding carboxylic acids is 1. The predicted octanol–water partition coefficient (Wildman–Crippen LogP) is 3.30. The second kappa shape index (κ2) is 12.4. The standard InChI is InChI=1S/C20H27N7O.C2H6/c1-15-7-5-6-10-18(15)19(28)22-11-12-27-14-17(25-26-27)9-4-2-3-8-16-13-23-20(21)24-16;1-2/h5-7,10,13-14H,2-4,8-9,11-12H2,1H3,(H,22,28)(H3,21,23,24);1-2H3. The third kappa shape index (κ3) is 7.35. The summed E-state index contributed by atoms with van der Waals surface area (Å²) >= 11 is 0. The van der Waals surface area contributed by atoms with Gasteiger partial charge in [-0.15, -0.1) is 5.10 Å². The molecule has 1 aromatic carbocycles. The number of rotatable bonds is 10. The number of benzene rings is 1. The van der Waals surface area contributed by atoms with Crippen LogP contribution in [0.2, 0.25) is 0 Å². The summed E-state index contributed by atoms with van der Waals surface area (Å²) < 4.78 is 1.78. The molecule has 8 heteroatoms. The zero-order valence-corrected chi connectivity index (χ0v) is 18.2. The Morgan fingerprint density at radius 2 is 1.93 bits per heavy atom. The highest BCUT2D eigenvalue weighted by Gasteiger charge is 2.07. The molecule has 4 N–H and O–H groups in total. The van der Waals surface area contributed by atoms with Crippen LogP contribution >= 0.6 is 0 Å².